The molecule has 3 rings (SSSR count). The lowest BCUT2D eigenvalue weighted by molar-refractivity contribution is -0.111. The molecule has 0 aliphatic heterocycles. The highest BCUT2D eigenvalue weighted by Crippen LogP contribution is 2.35. The number of nitriles is 1. The van der Waals surface area contributed by atoms with Crippen molar-refractivity contribution in [2.45, 2.75) is 13.0 Å². The molecule has 0 saturated carbocycles. The molecule has 0 aromatic heterocycles. The smallest absolute Gasteiger partial charge is 0.412 e. The Morgan fingerprint density at radius 3 is 2.51 bits per heavy atom. The van der Waals surface area contributed by atoms with Crippen LogP contribution in [0.3, 0.4) is 0 Å². The summed E-state index contributed by atoms with van der Waals surface area (Å²) in [5.74, 6) is -0.921. The molecule has 35 heavy (non-hydrogen) atoms. The van der Waals surface area contributed by atoms with Crippen molar-refractivity contribution in [3.8, 4) is 11.8 Å². The van der Waals surface area contributed by atoms with Gasteiger partial charge in [-0.3, -0.25) is 10.1 Å². The second-order valence-corrected chi connectivity index (χ2v) is 8.88. The summed E-state index contributed by atoms with van der Waals surface area (Å²) >= 11 is 2.10. The Kier molecular flexibility index (Phi) is 8.69. The fourth-order valence-corrected chi connectivity index (χ4v) is 3.74. The fraction of sp³-hybridized carbons (Fsp3) is 0.115. The second-order valence-electron chi connectivity index (χ2n) is 7.64. The van der Waals surface area contributed by atoms with Crippen LogP contribution in [0.15, 0.2) is 78.9 Å². The number of benzene rings is 3. The van der Waals surface area contributed by atoms with Crippen LogP contribution < -0.4 is 16.4 Å². The number of phenols is 1. The van der Waals surface area contributed by atoms with E-state index in [2.05, 4.69) is 33.2 Å². The Morgan fingerprint density at radius 2 is 1.83 bits per heavy atom. The highest BCUT2D eigenvalue weighted by atomic mass is 127. The van der Waals surface area contributed by atoms with E-state index in [1.54, 1.807) is 73.7 Å². The van der Waals surface area contributed by atoms with Gasteiger partial charge in [-0.2, -0.15) is 5.26 Å². The molecule has 3 aromatic rings. The van der Waals surface area contributed by atoms with Gasteiger partial charge in [0.05, 0.1) is 23.0 Å². The van der Waals surface area contributed by atoms with E-state index in [1.165, 1.54) is 12.1 Å². The van der Waals surface area contributed by atoms with Gasteiger partial charge in [0.25, 0.3) is 0 Å². The number of carbonyl (C=O) groups excluding carboxylic acids is 2. The zero-order chi connectivity index (χ0) is 25.4. The minimum Gasteiger partial charge on any atom is -0.508 e. The highest BCUT2D eigenvalue weighted by molar-refractivity contribution is 14.1. The third-order valence-electron chi connectivity index (χ3n) is 5.04. The minimum atomic E-state index is -0.894. The van der Waals surface area contributed by atoms with Gasteiger partial charge in [0.2, 0.25) is 5.91 Å². The molecule has 0 aliphatic carbocycles. The molecule has 0 spiro atoms. The standard InChI is InChI=1S/C26H23IN4O4/c1-16(6-13-24(33)31-22-5-3-2-4-21(22)29)25(20-14-18(27)9-12-23(20)32)35-26(34)30-19-10-7-17(15-28)8-11-19/h2-14,16,25,32H,29H2,1H3,(H,30,34)(H,31,33)/b13-6+/t16-,25-/m0/s1. The number of aromatic hydroxyl groups is 1. The van der Waals surface area contributed by atoms with Crippen molar-refractivity contribution >= 4 is 51.7 Å². The molecule has 9 heteroatoms. The number of hydrogen-bond acceptors (Lipinski definition) is 6. The van der Waals surface area contributed by atoms with Gasteiger partial charge in [-0.25, -0.2) is 4.79 Å². The molecule has 2 atom stereocenters. The monoisotopic (exact) mass is 582 g/mol. The zero-order valence-corrected chi connectivity index (χ0v) is 20.9. The predicted octanol–water partition coefficient (Wildman–Crippen LogP) is 5.57. The quantitative estimate of drug-likeness (QED) is 0.163. The Hall–Kier alpha value is -4.04. The summed E-state index contributed by atoms with van der Waals surface area (Å²) in [6, 6.07) is 20.2. The third-order valence-corrected chi connectivity index (χ3v) is 5.71. The third kappa shape index (κ3) is 7.22. The van der Waals surface area contributed by atoms with E-state index in [0.717, 1.165) is 3.57 Å². The molecular weight excluding hydrogens is 559 g/mol. The summed E-state index contributed by atoms with van der Waals surface area (Å²) in [5.41, 5.74) is 8.09. The van der Waals surface area contributed by atoms with E-state index in [1.807, 2.05) is 6.07 Å². The highest BCUT2D eigenvalue weighted by Gasteiger charge is 2.25. The molecule has 178 valence electrons. The molecule has 0 radical (unpaired) electrons. The molecule has 5 N–H and O–H groups in total. The van der Waals surface area contributed by atoms with Crippen LogP contribution in [0.2, 0.25) is 0 Å². The van der Waals surface area contributed by atoms with Crippen LogP contribution in [0, 0.1) is 20.8 Å². The number of phenolic OH excluding ortho intramolecular Hbond substituents is 1. The van der Waals surface area contributed by atoms with E-state index in [4.69, 9.17) is 15.7 Å². The predicted molar refractivity (Wildman–Crippen MR) is 143 cm³/mol. The Bertz CT molecular complexity index is 1290. The first kappa shape index (κ1) is 25.6. The van der Waals surface area contributed by atoms with E-state index in [0.29, 0.717) is 28.2 Å². The number of para-hydroxylation sites is 2. The lowest BCUT2D eigenvalue weighted by atomic mass is 9.96. The lowest BCUT2D eigenvalue weighted by Gasteiger charge is -2.23. The fourth-order valence-electron chi connectivity index (χ4n) is 3.22. The number of nitrogen functional groups attached to an aromatic ring is 1. The SMILES string of the molecule is C[C@@H](/C=C/C(=O)Nc1ccccc1N)[C@H](OC(=O)Nc1ccc(C#N)cc1)c1cc(I)ccc1O. The van der Waals surface area contributed by atoms with Gasteiger partial charge in [0, 0.05) is 20.7 Å². The van der Waals surface area contributed by atoms with Crippen molar-refractivity contribution in [3.05, 3.63) is 93.6 Å². The number of rotatable bonds is 7. The van der Waals surface area contributed by atoms with Gasteiger partial charge in [-0.05, 0) is 83.3 Å². The van der Waals surface area contributed by atoms with E-state index in [-0.39, 0.29) is 5.75 Å². The summed E-state index contributed by atoms with van der Waals surface area (Å²) in [7, 11) is 0. The minimum absolute atomic E-state index is 0.0386. The number of nitrogens with one attached hydrogen (secondary N) is 2. The maximum absolute atomic E-state index is 12.7. The molecule has 0 aliphatic rings. The first-order valence-electron chi connectivity index (χ1n) is 10.6. The van der Waals surface area contributed by atoms with E-state index >= 15 is 0 Å². The molecule has 0 bridgehead atoms. The summed E-state index contributed by atoms with van der Waals surface area (Å²) in [6.07, 6.45) is 1.28. The number of halogens is 1. The van der Waals surface area contributed by atoms with Crippen molar-refractivity contribution in [1.82, 2.24) is 0 Å². The van der Waals surface area contributed by atoms with Gasteiger partial charge in [-0.1, -0.05) is 25.1 Å². The van der Waals surface area contributed by atoms with Crippen LogP contribution in [0.1, 0.15) is 24.2 Å². The zero-order valence-electron chi connectivity index (χ0n) is 18.7. The number of hydrogen-bond donors (Lipinski definition) is 4. The number of anilines is 3. The molecular formula is C26H23IN4O4. The van der Waals surface area contributed by atoms with E-state index < -0.39 is 24.0 Å². The number of nitrogens with zero attached hydrogens (tertiary/aromatic N) is 1. The summed E-state index contributed by atoms with van der Waals surface area (Å²) in [4.78, 5) is 25.1. The largest absolute Gasteiger partial charge is 0.508 e. The van der Waals surface area contributed by atoms with Crippen molar-refractivity contribution in [1.29, 1.82) is 5.26 Å². The topological polar surface area (TPSA) is 137 Å². The van der Waals surface area contributed by atoms with Crippen LogP contribution >= 0.6 is 22.6 Å². The lowest BCUT2D eigenvalue weighted by Crippen LogP contribution is -2.21. The Labute approximate surface area is 216 Å². The van der Waals surface area contributed by atoms with Gasteiger partial charge >= 0.3 is 6.09 Å². The summed E-state index contributed by atoms with van der Waals surface area (Å²) in [5, 5.41) is 24.7. The molecule has 2 amide bonds. The number of carbonyl (C=O) groups is 2. The molecule has 8 nitrogen and oxygen atoms in total. The van der Waals surface area contributed by atoms with Crippen molar-refractivity contribution in [3.63, 3.8) is 0 Å². The molecule has 0 heterocycles. The molecule has 0 fully saturated rings. The van der Waals surface area contributed by atoms with Crippen molar-refractivity contribution in [2.75, 3.05) is 16.4 Å². The normalized spacial score (nSPS) is 12.4. The average Bonchev–Trinajstić information content (AvgIpc) is 2.84. The maximum Gasteiger partial charge on any atom is 0.412 e. The van der Waals surface area contributed by atoms with Crippen molar-refractivity contribution in [2.24, 2.45) is 5.92 Å². The van der Waals surface area contributed by atoms with Gasteiger partial charge in [0.1, 0.15) is 11.9 Å². The van der Waals surface area contributed by atoms with Crippen LogP contribution in [-0.4, -0.2) is 17.1 Å². The van der Waals surface area contributed by atoms with Crippen LogP contribution in [0.5, 0.6) is 5.75 Å². The van der Waals surface area contributed by atoms with Crippen LogP contribution in [-0.2, 0) is 9.53 Å². The van der Waals surface area contributed by atoms with Gasteiger partial charge < -0.3 is 20.9 Å². The average molecular weight is 582 g/mol. The number of nitrogens with two attached hydrogens (primary N) is 1. The van der Waals surface area contributed by atoms with Gasteiger partial charge in [-0.15, -0.1) is 0 Å². The molecule has 3 aromatic carbocycles. The van der Waals surface area contributed by atoms with E-state index in [9.17, 15) is 14.7 Å². The first-order valence-corrected chi connectivity index (χ1v) is 11.6. The second kappa shape index (κ2) is 11.9. The summed E-state index contributed by atoms with van der Waals surface area (Å²) in [6.45, 7) is 1.76. The van der Waals surface area contributed by atoms with Gasteiger partial charge in [0.15, 0.2) is 0 Å². The Balaban J connectivity index is 1.78. The van der Waals surface area contributed by atoms with Crippen LogP contribution in [0.25, 0.3) is 0 Å². The first-order chi connectivity index (χ1) is 16.8. The van der Waals surface area contributed by atoms with Crippen LogP contribution in [0.4, 0.5) is 21.9 Å². The number of ether oxygens (including phenoxy) is 1. The number of amides is 2. The maximum atomic E-state index is 12.7. The molecule has 0 saturated heterocycles. The molecule has 0 unspecified atom stereocenters. The van der Waals surface area contributed by atoms with Crippen molar-refractivity contribution < 1.29 is 19.4 Å². The Morgan fingerprint density at radius 1 is 1.11 bits per heavy atom. The summed E-state index contributed by atoms with van der Waals surface area (Å²) < 4.78 is 6.52.